The maximum atomic E-state index is 13.5. The fraction of sp³-hybridized carbons (Fsp3) is 0. The summed E-state index contributed by atoms with van der Waals surface area (Å²) in [6, 6.07) is 5.94. The summed E-state index contributed by atoms with van der Waals surface area (Å²) in [5, 5.41) is 9.21. The molecule has 0 saturated carbocycles. The third-order valence-electron chi connectivity index (χ3n) is 1.99. The Kier molecular flexibility index (Phi) is 2.80. The first kappa shape index (κ1) is 10.5. The van der Waals surface area contributed by atoms with E-state index in [2.05, 4.69) is 9.97 Å². The number of benzene rings is 1. The van der Waals surface area contributed by atoms with Crippen molar-refractivity contribution in [1.29, 1.82) is 5.26 Å². The lowest BCUT2D eigenvalue weighted by molar-refractivity contribution is 0.630. The molecule has 1 heterocycles. The Hall–Kier alpha value is -1.99. The highest BCUT2D eigenvalue weighted by Crippen LogP contribution is 2.25. The zero-order valence-electron chi connectivity index (χ0n) is 7.98. The van der Waals surface area contributed by atoms with Crippen LogP contribution in [0.25, 0.3) is 11.3 Å². The van der Waals surface area contributed by atoms with Gasteiger partial charge in [0, 0.05) is 23.0 Å². The molecule has 0 bridgehead atoms. The number of hydrogen-bond acceptors (Lipinski definition) is 3. The van der Waals surface area contributed by atoms with Gasteiger partial charge in [0.1, 0.15) is 17.6 Å². The van der Waals surface area contributed by atoms with Crippen molar-refractivity contribution in [3.63, 3.8) is 0 Å². The summed E-state index contributed by atoms with van der Waals surface area (Å²) in [7, 11) is 0. The van der Waals surface area contributed by atoms with Crippen LogP contribution in [-0.2, 0) is 0 Å². The summed E-state index contributed by atoms with van der Waals surface area (Å²) < 4.78 is 13.5. The Balaban J connectivity index is 2.68. The van der Waals surface area contributed by atoms with Crippen molar-refractivity contribution in [3.8, 4) is 17.3 Å². The van der Waals surface area contributed by atoms with Crippen molar-refractivity contribution >= 4 is 11.6 Å². The van der Waals surface area contributed by atoms with E-state index in [9.17, 15) is 4.39 Å². The van der Waals surface area contributed by atoms with Gasteiger partial charge in [-0.1, -0.05) is 11.6 Å². The highest BCUT2D eigenvalue weighted by molar-refractivity contribution is 6.30. The first-order valence-electron chi connectivity index (χ1n) is 4.39. The van der Waals surface area contributed by atoms with Crippen molar-refractivity contribution in [2.75, 3.05) is 0 Å². The second-order valence-electron chi connectivity index (χ2n) is 2.99. The van der Waals surface area contributed by atoms with Crippen molar-refractivity contribution in [3.05, 3.63) is 47.1 Å². The molecular weight excluding hydrogens is 229 g/mol. The van der Waals surface area contributed by atoms with E-state index >= 15 is 0 Å². The Morgan fingerprint density at radius 2 is 2.00 bits per heavy atom. The van der Waals surface area contributed by atoms with E-state index in [1.807, 2.05) is 6.07 Å². The van der Waals surface area contributed by atoms with Crippen molar-refractivity contribution in [2.45, 2.75) is 0 Å². The van der Waals surface area contributed by atoms with Gasteiger partial charge in [-0.25, -0.2) is 9.37 Å². The molecular formula is C11H5ClFN3. The van der Waals surface area contributed by atoms with Crippen LogP contribution in [0.4, 0.5) is 4.39 Å². The molecule has 0 atom stereocenters. The van der Waals surface area contributed by atoms with Gasteiger partial charge in [0.2, 0.25) is 0 Å². The molecule has 1 aromatic carbocycles. The molecule has 0 radical (unpaired) electrons. The normalized spacial score (nSPS) is 9.81. The molecule has 0 amide bonds. The molecule has 0 aliphatic carbocycles. The largest absolute Gasteiger partial charge is 0.251 e. The number of nitrogens with zero attached hydrogens (tertiary/aromatic N) is 3. The van der Waals surface area contributed by atoms with Crippen molar-refractivity contribution < 1.29 is 4.39 Å². The van der Waals surface area contributed by atoms with Crippen LogP contribution >= 0.6 is 11.6 Å². The van der Waals surface area contributed by atoms with Crippen LogP contribution in [-0.4, -0.2) is 9.97 Å². The van der Waals surface area contributed by atoms with Crippen LogP contribution in [0.3, 0.4) is 0 Å². The number of nitriles is 1. The Labute approximate surface area is 96.2 Å². The van der Waals surface area contributed by atoms with E-state index in [0.29, 0.717) is 5.02 Å². The van der Waals surface area contributed by atoms with E-state index in [-0.39, 0.29) is 17.0 Å². The molecule has 0 fully saturated rings. The fourth-order valence-electron chi connectivity index (χ4n) is 1.30. The first-order chi connectivity index (χ1) is 7.72. The average molecular weight is 234 g/mol. The molecule has 0 aliphatic heterocycles. The van der Waals surface area contributed by atoms with Gasteiger partial charge in [0.05, 0.1) is 0 Å². The average Bonchev–Trinajstić information content (AvgIpc) is 2.32. The quantitative estimate of drug-likeness (QED) is 0.761. The second kappa shape index (κ2) is 4.25. The first-order valence-corrected chi connectivity index (χ1v) is 4.76. The van der Waals surface area contributed by atoms with Gasteiger partial charge in [0.15, 0.2) is 5.69 Å². The van der Waals surface area contributed by atoms with Crippen LogP contribution in [0.5, 0.6) is 0 Å². The second-order valence-corrected chi connectivity index (χ2v) is 3.43. The minimum absolute atomic E-state index is 0.0728. The molecule has 2 aromatic rings. The van der Waals surface area contributed by atoms with Gasteiger partial charge in [0.25, 0.3) is 0 Å². The zero-order valence-corrected chi connectivity index (χ0v) is 8.74. The van der Waals surface area contributed by atoms with Gasteiger partial charge < -0.3 is 0 Å². The number of hydrogen-bond donors (Lipinski definition) is 0. The van der Waals surface area contributed by atoms with Crippen molar-refractivity contribution in [2.24, 2.45) is 0 Å². The third-order valence-corrected chi connectivity index (χ3v) is 2.22. The highest BCUT2D eigenvalue weighted by atomic mass is 35.5. The highest BCUT2D eigenvalue weighted by Gasteiger charge is 2.12. The summed E-state index contributed by atoms with van der Waals surface area (Å²) in [5.74, 6) is -0.485. The van der Waals surface area contributed by atoms with Crippen LogP contribution < -0.4 is 0 Å². The topological polar surface area (TPSA) is 49.6 Å². The molecule has 78 valence electrons. The lowest BCUT2D eigenvalue weighted by Crippen LogP contribution is -1.94. The summed E-state index contributed by atoms with van der Waals surface area (Å²) in [6.45, 7) is 0. The Bertz CT molecular complexity index is 578. The molecule has 16 heavy (non-hydrogen) atoms. The fourth-order valence-corrected chi connectivity index (χ4v) is 1.47. The Morgan fingerprint density at radius 3 is 2.75 bits per heavy atom. The molecule has 0 N–H and O–H groups in total. The third kappa shape index (κ3) is 1.86. The van der Waals surface area contributed by atoms with E-state index in [4.69, 9.17) is 16.9 Å². The lowest BCUT2D eigenvalue weighted by atomic mass is 10.1. The smallest absolute Gasteiger partial charge is 0.166 e. The minimum Gasteiger partial charge on any atom is -0.251 e. The molecule has 1 aromatic heterocycles. The predicted octanol–water partition coefficient (Wildman–Crippen LogP) is 2.81. The van der Waals surface area contributed by atoms with Crippen LogP contribution in [0, 0.1) is 17.1 Å². The van der Waals surface area contributed by atoms with E-state index in [1.54, 1.807) is 0 Å². The van der Waals surface area contributed by atoms with E-state index in [1.165, 1.54) is 30.6 Å². The summed E-state index contributed by atoms with van der Waals surface area (Å²) in [6.07, 6.45) is 2.78. The van der Waals surface area contributed by atoms with E-state index < -0.39 is 5.82 Å². The monoisotopic (exact) mass is 233 g/mol. The minimum atomic E-state index is -0.485. The van der Waals surface area contributed by atoms with Crippen LogP contribution in [0.15, 0.2) is 30.6 Å². The molecule has 0 unspecified atom stereocenters. The molecule has 0 saturated heterocycles. The zero-order chi connectivity index (χ0) is 11.5. The molecule has 3 nitrogen and oxygen atoms in total. The van der Waals surface area contributed by atoms with Crippen LogP contribution in [0.1, 0.15) is 5.69 Å². The van der Waals surface area contributed by atoms with Gasteiger partial charge in [-0.3, -0.25) is 4.98 Å². The van der Waals surface area contributed by atoms with Crippen LogP contribution in [0.2, 0.25) is 5.02 Å². The summed E-state index contributed by atoms with van der Waals surface area (Å²) in [5.41, 5.74) is 0.450. The number of halogens is 2. The Morgan fingerprint density at radius 1 is 1.25 bits per heavy atom. The number of aromatic nitrogens is 2. The number of rotatable bonds is 1. The SMILES string of the molecule is N#Cc1nccnc1-c1cc(Cl)ccc1F. The maximum Gasteiger partial charge on any atom is 0.166 e. The van der Waals surface area contributed by atoms with Crippen molar-refractivity contribution in [1.82, 2.24) is 9.97 Å². The molecule has 0 aliphatic rings. The summed E-state index contributed by atoms with van der Waals surface area (Å²) in [4.78, 5) is 7.75. The lowest BCUT2D eigenvalue weighted by Gasteiger charge is -2.03. The van der Waals surface area contributed by atoms with Gasteiger partial charge in [-0.2, -0.15) is 5.26 Å². The predicted molar refractivity (Wildman–Crippen MR) is 57.2 cm³/mol. The molecule has 5 heteroatoms. The van der Waals surface area contributed by atoms with Gasteiger partial charge >= 0.3 is 0 Å². The van der Waals surface area contributed by atoms with E-state index in [0.717, 1.165) is 0 Å². The van der Waals surface area contributed by atoms with Gasteiger partial charge in [-0.15, -0.1) is 0 Å². The molecule has 2 rings (SSSR count). The summed E-state index contributed by atoms with van der Waals surface area (Å²) >= 11 is 5.76. The van der Waals surface area contributed by atoms with Gasteiger partial charge in [-0.05, 0) is 18.2 Å². The maximum absolute atomic E-state index is 13.5. The standard InChI is InChI=1S/C11H5ClFN3/c12-7-1-2-9(13)8(5-7)11-10(6-14)15-3-4-16-11/h1-5H. The molecule has 0 spiro atoms.